The maximum atomic E-state index is 13.2. The van der Waals surface area contributed by atoms with E-state index < -0.39 is 0 Å². The van der Waals surface area contributed by atoms with E-state index in [4.69, 9.17) is 4.74 Å². The summed E-state index contributed by atoms with van der Waals surface area (Å²) in [4.78, 5) is 8.60. The summed E-state index contributed by atoms with van der Waals surface area (Å²) in [6.07, 6.45) is 1.35. The van der Waals surface area contributed by atoms with Crippen LogP contribution in [-0.2, 0) is 13.6 Å². The van der Waals surface area contributed by atoms with E-state index in [1.54, 1.807) is 16.8 Å². The van der Waals surface area contributed by atoms with Gasteiger partial charge in [-0.25, -0.2) is 14.4 Å². The van der Waals surface area contributed by atoms with E-state index in [9.17, 15) is 4.39 Å². The summed E-state index contributed by atoms with van der Waals surface area (Å²) in [5, 5.41) is 10.4. The fraction of sp³-hybridized carbons (Fsp3) is 0.438. The highest BCUT2D eigenvalue weighted by molar-refractivity contribution is 14.0. The number of aryl methyl sites for hydroxylation is 1. The average molecular weight is 462 g/mol. The minimum absolute atomic E-state index is 0. The number of nitrogens with zero attached hydrogens (tertiary/aromatic N) is 4. The predicted octanol–water partition coefficient (Wildman–Crippen LogP) is 2.09. The largest absolute Gasteiger partial charge is 0.489 e. The van der Waals surface area contributed by atoms with Gasteiger partial charge in [0.15, 0.2) is 5.96 Å². The van der Waals surface area contributed by atoms with Gasteiger partial charge in [0.25, 0.3) is 0 Å². The zero-order chi connectivity index (χ0) is 17.4. The first-order valence-corrected chi connectivity index (χ1v) is 7.85. The Labute approximate surface area is 164 Å². The number of benzene rings is 1. The second-order valence-corrected chi connectivity index (χ2v) is 5.26. The molecule has 0 amide bonds. The van der Waals surface area contributed by atoms with Crippen LogP contribution in [0.2, 0.25) is 0 Å². The van der Waals surface area contributed by atoms with Crippen LogP contribution >= 0.6 is 24.0 Å². The number of aromatic nitrogens is 3. The van der Waals surface area contributed by atoms with E-state index in [1.807, 2.05) is 20.9 Å². The lowest BCUT2D eigenvalue weighted by atomic mass is 10.3. The highest BCUT2D eigenvalue weighted by Crippen LogP contribution is 2.13. The van der Waals surface area contributed by atoms with Crippen LogP contribution in [0.3, 0.4) is 0 Å². The molecule has 9 heteroatoms. The van der Waals surface area contributed by atoms with Gasteiger partial charge < -0.3 is 15.4 Å². The summed E-state index contributed by atoms with van der Waals surface area (Å²) in [5.74, 6) is 1.63. The van der Waals surface area contributed by atoms with E-state index in [2.05, 4.69) is 25.7 Å². The fourth-order valence-electron chi connectivity index (χ4n) is 2.01. The first kappa shape index (κ1) is 21.1. The Morgan fingerprint density at radius 1 is 1.40 bits per heavy atom. The van der Waals surface area contributed by atoms with Gasteiger partial charge in [-0.05, 0) is 26.0 Å². The van der Waals surface area contributed by atoms with Crippen molar-refractivity contribution in [3.8, 4) is 5.75 Å². The molecule has 0 aliphatic carbocycles. The SMILES string of the molecule is CCNC(=NCc1ncnn1C)NCC(C)Oc1cccc(F)c1.I. The third kappa shape index (κ3) is 7.24. The van der Waals surface area contributed by atoms with Crippen LogP contribution in [0.4, 0.5) is 4.39 Å². The number of nitrogens with one attached hydrogen (secondary N) is 2. The molecule has 2 aromatic rings. The molecule has 1 heterocycles. The quantitative estimate of drug-likeness (QED) is 0.375. The fourth-order valence-corrected chi connectivity index (χ4v) is 2.01. The summed E-state index contributed by atoms with van der Waals surface area (Å²) in [6.45, 7) is 5.59. The van der Waals surface area contributed by atoms with Gasteiger partial charge in [-0.3, -0.25) is 4.68 Å². The van der Waals surface area contributed by atoms with Gasteiger partial charge in [-0.2, -0.15) is 5.10 Å². The van der Waals surface area contributed by atoms with Crippen molar-refractivity contribution in [2.24, 2.45) is 12.0 Å². The van der Waals surface area contributed by atoms with Crippen LogP contribution in [0, 0.1) is 5.82 Å². The summed E-state index contributed by atoms with van der Waals surface area (Å²) in [6, 6.07) is 6.10. The van der Waals surface area contributed by atoms with Crippen LogP contribution in [0.15, 0.2) is 35.6 Å². The molecule has 0 radical (unpaired) electrons. The number of rotatable bonds is 7. The van der Waals surface area contributed by atoms with Crippen molar-refractivity contribution >= 4 is 29.9 Å². The molecule has 1 unspecified atom stereocenters. The first-order valence-electron chi connectivity index (χ1n) is 7.85. The van der Waals surface area contributed by atoms with Gasteiger partial charge in [0.2, 0.25) is 0 Å². The minimum Gasteiger partial charge on any atom is -0.489 e. The summed E-state index contributed by atoms with van der Waals surface area (Å²) < 4.78 is 20.5. The molecular formula is C16H24FIN6O. The number of aliphatic imine (C=N–C) groups is 1. The Morgan fingerprint density at radius 2 is 2.20 bits per heavy atom. The van der Waals surface area contributed by atoms with Gasteiger partial charge in [0.05, 0.1) is 6.54 Å². The highest BCUT2D eigenvalue weighted by Gasteiger charge is 2.07. The summed E-state index contributed by atoms with van der Waals surface area (Å²) in [7, 11) is 1.83. The van der Waals surface area contributed by atoms with Crippen molar-refractivity contribution < 1.29 is 9.13 Å². The van der Waals surface area contributed by atoms with Crippen LogP contribution in [0.5, 0.6) is 5.75 Å². The third-order valence-corrected chi connectivity index (χ3v) is 3.22. The van der Waals surface area contributed by atoms with Crippen LogP contribution in [0.25, 0.3) is 0 Å². The number of halogens is 2. The normalized spacial score (nSPS) is 12.2. The maximum absolute atomic E-state index is 13.2. The minimum atomic E-state index is -0.314. The smallest absolute Gasteiger partial charge is 0.191 e. The Kier molecular flexibility index (Phi) is 9.17. The number of guanidine groups is 1. The van der Waals surface area contributed by atoms with Crippen LogP contribution in [0.1, 0.15) is 19.7 Å². The molecule has 2 rings (SSSR count). The van der Waals surface area contributed by atoms with Crippen molar-refractivity contribution in [1.29, 1.82) is 0 Å². The first-order chi connectivity index (χ1) is 11.6. The Morgan fingerprint density at radius 3 is 2.84 bits per heavy atom. The Balaban J connectivity index is 0.00000312. The van der Waals surface area contributed by atoms with E-state index in [-0.39, 0.29) is 35.9 Å². The van der Waals surface area contributed by atoms with Crippen LogP contribution < -0.4 is 15.4 Å². The lowest BCUT2D eigenvalue weighted by Gasteiger charge is -2.17. The topological polar surface area (TPSA) is 76.4 Å². The van der Waals surface area contributed by atoms with Crippen molar-refractivity contribution in [3.63, 3.8) is 0 Å². The van der Waals surface area contributed by atoms with Crippen molar-refractivity contribution in [2.75, 3.05) is 13.1 Å². The van der Waals surface area contributed by atoms with E-state index in [0.29, 0.717) is 24.8 Å². The Bertz CT molecular complexity index is 678. The molecule has 0 fully saturated rings. The summed E-state index contributed by atoms with van der Waals surface area (Å²) >= 11 is 0. The lowest BCUT2D eigenvalue weighted by molar-refractivity contribution is 0.223. The molecule has 0 bridgehead atoms. The van der Waals surface area contributed by atoms with Crippen molar-refractivity contribution in [3.05, 3.63) is 42.2 Å². The molecule has 0 aliphatic heterocycles. The molecule has 7 nitrogen and oxygen atoms in total. The molecule has 25 heavy (non-hydrogen) atoms. The molecule has 2 N–H and O–H groups in total. The van der Waals surface area contributed by atoms with Gasteiger partial charge in [0, 0.05) is 19.7 Å². The number of hydrogen-bond acceptors (Lipinski definition) is 4. The zero-order valence-electron chi connectivity index (χ0n) is 14.6. The second-order valence-electron chi connectivity index (χ2n) is 5.26. The predicted molar refractivity (Wildman–Crippen MR) is 106 cm³/mol. The third-order valence-electron chi connectivity index (χ3n) is 3.22. The number of ether oxygens (including phenoxy) is 1. The van der Waals surface area contributed by atoms with Crippen LogP contribution in [-0.4, -0.2) is 39.9 Å². The lowest BCUT2D eigenvalue weighted by Crippen LogP contribution is -2.41. The molecule has 1 aromatic carbocycles. The van der Waals surface area contributed by atoms with Gasteiger partial charge in [0.1, 0.15) is 36.4 Å². The number of hydrogen-bond donors (Lipinski definition) is 2. The monoisotopic (exact) mass is 462 g/mol. The van der Waals surface area contributed by atoms with E-state index in [1.165, 1.54) is 18.5 Å². The molecule has 0 spiro atoms. The average Bonchev–Trinajstić information content (AvgIpc) is 2.95. The molecule has 0 saturated carbocycles. The van der Waals surface area contributed by atoms with Crippen molar-refractivity contribution in [2.45, 2.75) is 26.5 Å². The highest BCUT2D eigenvalue weighted by atomic mass is 127. The summed E-state index contributed by atoms with van der Waals surface area (Å²) in [5.41, 5.74) is 0. The molecule has 1 atom stereocenters. The van der Waals surface area contributed by atoms with E-state index >= 15 is 0 Å². The van der Waals surface area contributed by atoms with Gasteiger partial charge >= 0.3 is 0 Å². The van der Waals surface area contributed by atoms with Gasteiger partial charge in [-0.1, -0.05) is 6.07 Å². The Hall–Kier alpha value is -1.91. The molecule has 0 saturated heterocycles. The van der Waals surface area contributed by atoms with Crippen molar-refractivity contribution in [1.82, 2.24) is 25.4 Å². The standard InChI is InChI=1S/C16H23FN6O.HI/c1-4-18-16(20-10-15-21-11-22-23(15)3)19-9-12(2)24-14-7-5-6-13(17)8-14;/h5-8,11-12H,4,9-10H2,1-3H3,(H2,18,19,20);1H. The zero-order valence-corrected chi connectivity index (χ0v) is 16.9. The van der Waals surface area contributed by atoms with E-state index in [0.717, 1.165) is 12.4 Å². The molecule has 138 valence electrons. The second kappa shape index (κ2) is 10.9. The molecule has 0 aliphatic rings. The maximum Gasteiger partial charge on any atom is 0.191 e. The molecular weight excluding hydrogens is 438 g/mol. The van der Waals surface area contributed by atoms with Gasteiger partial charge in [-0.15, -0.1) is 24.0 Å². The molecule has 1 aromatic heterocycles.